The van der Waals surface area contributed by atoms with Gasteiger partial charge < -0.3 is 5.43 Å². The molecule has 0 saturated carbocycles. The number of benzene rings is 1. The Morgan fingerprint density at radius 2 is 2.05 bits per heavy atom. The lowest BCUT2D eigenvalue weighted by atomic mass is 10.3. The van der Waals surface area contributed by atoms with Crippen molar-refractivity contribution in [3.8, 4) is 0 Å². The van der Waals surface area contributed by atoms with E-state index < -0.39 is 15.8 Å². The Bertz CT molecular complexity index is 770. The molecule has 0 saturated heterocycles. The summed E-state index contributed by atoms with van der Waals surface area (Å²) in [6.07, 6.45) is 1.09. The number of para-hydroxylation sites is 1. The quantitative estimate of drug-likeness (QED) is 0.661. The largest absolute Gasteiger partial charge is 0.307 e. The van der Waals surface area contributed by atoms with Crippen LogP contribution in [0.15, 0.2) is 41.4 Å². The second-order valence-corrected chi connectivity index (χ2v) is 6.45. The Morgan fingerprint density at radius 3 is 2.62 bits per heavy atom. The van der Waals surface area contributed by atoms with Gasteiger partial charge in [-0.3, -0.25) is 4.31 Å². The van der Waals surface area contributed by atoms with E-state index in [0.29, 0.717) is 0 Å². The average molecular weight is 331 g/mol. The minimum Gasteiger partial charge on any atom is -0.307 e. The van der Waals surface area contributed by atoms with E-state index in [9.17, 15) is 12.8 Å². The van der Waals surface area contributed by atoms with Crippen molar-refractivity contribution >= 4 is 33.1 Å². The molecule has 1 aromatic heterocycles. The molecule has 2 rings (SSSR count). The van der Waals surface area contributed by atoms with Crippen LogP contribution in [0.4, 0.5) is 15.9 Å². The molecule has 0 unspecified atom stereocenters. The zero-order valence-corrected chi connectivity index (χ0v) is 12.5. The summed E-state index contributed by atoms with van der Waals surface area (Å²) in [7, 11) is -2.74. The van der Waals surface area contributed by atoms with Crippen molar-refractivity contribution in [1.29, 1.82) is 0 Å². The number of hydrazine groups is 1. The van der Waals surface area contributed by atoms with Crippen LogP contribution >= 0.6 is 11.6 Å². The maximum absolute atomic E-state index is 13.7. The lowest BCUT2D eigenvalue weighted by Crippen LogP contribution is -2.27. The number of hydrogen-bond donors (Lipinski definition) is 2. The number of halogens is 2. The third kappa shape index (κ3) is 2.92. The average Bonchev–Trinajstić information content (AvgIpc) is 2.47. The highest BCUT2D eigenvalue weighted by atomic mass is 35.5. The first-order valence-corrected chi connectivity index (χ1v) is 7.55. The van der Waals surface area contributed by atoms with Crippen molar-refractivity contribution in [3.05, 3.63) is 47.4 Å². The highest BCUT2D eigenvalue weighted by Gasteiger charge is 2.24. The van der Waals surface area contributed by atoms with Gasteiger partial charge in [0.1, 0.15) is 10.7 Å². The highest BCUT2D eigenvalue weighted by Crippen LogP contribution is 2.27. The molecule has 0 radical (unpaired) electrons. The van der Waals surface area contributed by atoms with Gasteiger partial charge in [0.25, 0.3) is 10.0 Å². The first kappa shape index (κ1) is 15.5. The van der Waals surface area contributed by atoms with Crippen LogP contribution in [0.3, 0.4) is 0 Å². The summed E-state index contributed by atoms with van der Waals surface area (Å²) in [5, 5.41) is 0.0421. The van der Waals surface area contributed by atoms with E-state index >= 15 is 0 Å². The van der Waals surface area contributed by atoms with Crippen molar-refractivity contribution in [2.75, 3.05) is 16.8 Å². The summed E-state index contributed by atoms with van der Waals surface area (Å²) in [4.78, 5) is 3.62. The van der Waals surface area contributed by atoms with Gasteiger partial charge in [-0.1, -0.05) is 23.7 Å². The molecule has 0 atom stereocenters. The molecule has 3 N–H and O–H groups in total. The van der Waals surface area contributed by atoms with E-state index in [2.05, 4.69) is 10.4 Å². The molecule has 6 nitrogen and oxygen atoms in total. The number of pyridine rings is 1. The molecule has 0 spiro atoms. The maximum Gasteiger partial charge on any atom is 0.265 e. The monoisotopic (exact) mass is 330 g/mol. The van der Waals surface area contributed by atoms with Gasteiger partial charge in [-0.2, -0.15) is 0 Å². The van der Waals surface area contributed by atoms with Gasteiger partial charge in [0.15, 0.2) is 5.82 Å². The Hall–Kier alpha value is -1.90. The summed E-state index contributed by atoms with van der Waals surface area (Å²) in [5.74, 6) is 4.67. The fourth-order valence-electron chi connectivity index (χ4n) is 1.66. The van der Waals surface area contributed by atoms with Crippen LogP contribution in [0, 0.1) is 5.82 Å². The maximum atomic E-state index is 13.7. The molecule has 0 aliphatic heterocycles. The molecule has 0 amide bonds. The van der Waals surface area contributed by atoms with Crippen LogP contribution < -0.4 is 15.6 Å². The number of sulfonamides is 1. The Balaban J connectivity index is 2.47. The van der Waals surface area contributed by atoms with E-state index in [1.165, 1.54) is 37.4 Å². The number of rotatable bonds is 4. The summed E-state index contributed by atoms with van der Waals surface area (Å²) in [6, 6.07) is 6.73. The highest BCUT2D eigenvalue weighted by molar-refractivity contribution is 7.92. The molecule has 0 fully saturated rings. The summed E-state index contributed by atoms with van der Waals surface area (Å²) in [6.45, 7) is 0. The Labute approximate surface area is 126 Å². The molecule has 0 aliphatic carbocycles. The molecule has 21 heavy (non-hydrogen) atoms. The molecule has 0 aliphatic rings. The third-order valence-electron chi connectivity index (χ3n) is 2.80. The zero-order chi connectivity index (χ0) is 15.6. The molecular weight excluding hydrogens is 319 g/mol. The Kier molecular flexibility index (Phi) is 4.31. The summed E-state index contributed by atoms with van der Waals surface area (Å²) in [5.41, 5.74) is 2.16. The molecule has 1 heterocycles. The predicted molar refractivity (Wildman–Crippen MR) is 79.0 cm³/mol. The number of nitrogen functional groups attached to an aromatic ring is 1. The first-order chi connectivity index (χ1) is 9.87. The normalized spacial score (nSPS) is 11.2. The van der Waals surface area contributed by atoms with Crippen molar-refractivity contribution in [2.24, 2.45) is 5.84 Å². The second kappa shape index (κ2) is 5.84. The smallest absolute Gasteiger partial charge is 0.265 e. The van der Waals surface area contributed by atoms with Crippen LogP contribution in [0.2, 0.25) is 5.02 Å². The summed E-state index contributed by atoms with van der Waals surface area (Å²) < 4.78 is 39.4. The minimum absolute atomic E-state index is 0.0421. The fourth-order valence-corrected chi connectivity index (χ4v) is 3.12. The number of nitrogens with zero attached hydrogens (tertiary/aromatic N) is 2. The van der Waals surface area contributed by atoms with Gasteiger partial charge in [0, 0.05) is 13.2 Å². The predicted octanol–water partition coefficient (Wildman–Crippen LogP) is 1.98. The number of aromatic nitrogens is 1. The summed E-state index contributed by atoms with van der Waals surface area (Å²) >= 11 is 5.86. The van der Waals surface area contributed by atoms with E-state index in [1.54, 1.807) is 0 Å². The number of nitrogens with one attached hydrogen (secondary N) is 1. The van der Waals surface area contributed by atoms with Crippen molar-refractivity contribution < 1.29 is 12.8 Å². The number of hydrogen-bond acceptors (Lipinski definition) is 5. The van der Waals surface area contributed by atoms with Crippen molar-refractivity contribution in [1.82, 2.24) is 4.98 Å². The zero-order valence-electron chi connectivity index (χ0n) is 10.9. The Morgan fingerprint density at radius 1 is 1.38 bits per heavy atom. The van der Waals surface area contributed by atoms with Crippen LogP contribution in [0.25, 0.3) is 0 Å². The van der Waals surface area contributed by atoms with Gasteiger partial charge in [-0.15, -0.1) is 0 Å². The first-order valence-electron chi connectivity index (χ1n) is 5.73. The van der Waals surface area contributed by atoms with Gasteiger partial charge >= 0.3 is 0 Å². The van der Waals surface area contributed by atoms with Crippen LogP contribution in [0.1, 0.15) is 0 Å². The SMILES string of the molecule is CN(c1ccccc1F)S(=O)(=O)c1cnc(NN)c(Cl)c1. The molecular formula is C12H12ClFN4O2S. The van der Waals surface area contributed by atoms with Crippen LogP contribution in [-0.2, 0) is 10.0 Å². The molecule has 1 aromatic carbocycles. The molecule has 0 bridgehead atoms. The van der Waals surface area contributed by atoms with E-state index in [4.69, 9.17) is 17.4 Å². The van der Waals surface area contributed by atoms with Gasteiger partial charge in [0.2, 0.25) is 0 Å². The molecule has 112 valence electrons. The number of anilines is 2. The van der Waals surface area contributed by atoms with Gasteiger partial charge in [0.05, 0.1) is 10.7 Å². The van der Waals surface area contributed by atoms with E-state index in [0.717, 1.165) is 10.5 Å². The lowest BCUT2D eigenvalue weighted by Gasteiger charge is -2.20. The van der Waals surface area contributed by atoms with E-state index in [-0.39, 0.29) is 21.4 Å². The standard InChI is InChI=1S/C12H12ClFN4O2S/c1-18(11-5-3-2-4-10(11)14)21(19,20)8-6-9(13)12(17-15)16-7-8/h2-7H,15H2,1H3,(H,16,17). The fraction of sp³-hybridized carbons (Fsp3) is 0.0833. The third-order valence-corrected chi connectivity index (χ3v) is 4.83. The van der Waals surface area contributed by atoms with E-state index in [1.807, 2.05) is 0 Å². The minimum atomic E-state index is -3.98. The van der Waals surface area contributed by atoms with Crippen LogP contribution in [0.5, 0.6) is 0 Å². The topological polar surface area (TPSA) is 88.3 Å². The second-order valence-electron chi connectivity index (χ2n) is 4.07. The van der Waals surface area contributed by atoms with Gasteiger partial charge in [-0.25, -0.2) is 23.6 Å². The molecule has 2 aromatic rings. The van der Waals surface area contributed by atoms with Crippen molar-refractivity contribution in [3.63, 3.8) is 0 Å². The van der Waals surface area contributed by atoms with Crippen LogP contribution in [-0.4, -0.2) is 20.4 Å². The number of nitrogens with two attached hydrogens (primary N) is 1. The van der Waals surface area contributed by atoms with Gasteiger partial charge in [-0.05, 0) is 18.2 Å². The lowest BCUT2D eigenvalue weighted by molar-refractivity contribution is 0.589. The molecule has 9 heteroatoms. The van der Waals surface area contributed by atoms with Crippen molar-refractivity contribution in [2.45, 2.75) is 4.90 Å².